The standard InChI is InChI=1S/C31H21N3O3/c1-20-14-15-22-13-8-18-32-28(22)29(20)33-30(23-11-6-3-7-12-23)27(21-9-4-2-5-10-21)26-19-24(34(36)37)16-17-25(26)31(33)35/h2-19H,1H3. The van der Waals surface area contributed by atoms with Crippen molar-refractivity contribution in [2.75, 3.05) is 0 Å². The number of aromatic nitrogens is 2. The van der Waals surface area contributed by atoms with Crippen molar-refractivity contribution in [3.63, 3.8) is 0 Å². The van der Waals surface area contributed by atoms with Crippen LogP contribution in [0.4, 0.5) is 5.69 Å². The van der Waals surface area contributed by atoms with Crippen molar-refractivity contribution >= 4 is 27.4 Å². The van der Waals surface area contributed by atoms with E-state index in [1.54, 1.807) is 16.8 Å². The molecule has 0 radical (unpaired) electrons. The lowest BCUT2D eigenvalue weighted by Gasteiger charge is -2.22. The molecule has 6 aromatic rings. The minimum atomic E-state index is -0.430. The van der Waals surface area contributed by atoms with Gasteiger partial charge in [0, 0.05) is 40.1 Å². The van der Waals surface area contributed by atoms with Crippen LogP contribution in [0.15, 0.2) is 114 Å². The van der Waals surface area contributed by atoms with Crippen LogP contribution in [0.1, 0.15) is 5.56 Å². The third-order valence-electron chi connectivity index (χ3n) is 6.66. The molecule has 0 aliphatic heterocycles. The van der Waals surface area contributed by atoms with Gasteiger partial charge in [-0.3, -0.25) is 24.5 Å². The van der Waals surface area contributed by atoms with E-state index in [9.17, 15) is 14.9 Å². The predicted molar refractivity (Wildman–Crippen MR) is 147 cm³/mol. The zero-order chi connectivity index (χ0) is 25.5. The summed E-state index contributed by atoms with van der Waals surface area (Å²) in [5.41, 5.74) is 5.05. The lowest BCUT2D eigenvalue weighted by atomic mass is 9.92. The lowest BCUT2D eigenvalue weighted by molar-refractivity contribution is -0.384. The molecule has 0 N–H and O–H groups in total. The molecule has 0 aliphatic carbocycles. The van der Waals surface area contributed by atoms with Crippen LogP contribution < -0.4 is 5.56 Å². The Bertz CT molecular complexity index is 1880. The number of hydrogen-bond acceptors (Lipinski definition) is 4. The maximum Gasteiger partial charge on any atom is 0.270 e. The highest BCUT2D eigenvalue weighted by Crippen LogP contribution is 2.40. The van der Waals surface area contributed by atoms with E-state index in [0.717, 1.165) is 27.6 Å². The molecular formula is C31H21N3O3. The molecule has 2 heterocycles. The number of hydrogen-bond donors (Lipinski definition) is 0. The number of aryl methyl sites for hydroxylation is 1. The SMILES string of the molecule is Cc1ccc2cccnc2c1-n1c(-c2ccccc2)c(-c2ccccc2)c2cc([N+](=O)[O-])ccc2c1=O. The minimum absolute atomic E-state index is 0.0659. The van der Waals surface area contributed by atoms with Crippen molar-refractivity contribution in [2.24, 2.45) is 0 Å². The summed E-state index contributed by atoms with van der Waals surface area (Å²) in [5, 5.41) is 13.6. The van der Waals surface area contributed by atoms with Crippen molar-refractivity contribution in [1.29, 1.82) is 0 Å². The second-order valence-electron chi connectivity index (χ2n) is 8.89. The molecule has 0 amide bonds. The largest absolute Gasteiger partial charge is 0.273 e. The average molecular weight is 484 g/mol. The summed E-state index contributed by atoms with van der Waals surface area (Å²) < 4.78 is 1.73. The topological polar surface area (TPSA) is 78.0 Å². The number of nitro benzene ring substituents is 1. The molecule has 37 heavy (non-hydrogen) atoms. The molecule has 0 fully saturated rings. The van der Waals surface area contributed by atoms with Gasteiger partial charge < -0.3 is 0 Å². The number of fused-ring (bicyclic) bond motifs is 2. The third kappa shape index (κ3) is 3.67. The summed E-state index contributed by atoms with van der Waals surface area (Å²) in [7, 11) is 0. The van der Waals surface area contributed by atoms with Gasteiger partial charge in [0.1, 0.15) is 0 Å². The van der Waals surface area contributed by atoms with Gasteiger partial charge in [-0.05, 0) is 35.7 Å². The first-order valence-corrected chi connectivity index (χ1v) is 11.9. The Labute approximate surface area is 212 Å². The second kappa shape index (κ2) is 8.84. The Hall–Kier alpha value is -5.10. The normalized spacial score (nSPS) is 11.2. The van der Waals surface area contributed by atoms with E-state index in [2.05, 4.69) is 4.98 Å². The molecule has 2 aromatic heterocycles. The maximum absolute atomic E-state index is 14.3. The molecule has 6 nitrogen and oxygen atoms in total. The first kappa shape index (κ1) is 22.4. The van der Waals surface area contributed by atoms with Crippen molar-refractivity contribution in [3.05, 3.63) is 135 Å². The van der Waals surface area contributed by atoms with Gasteiger partial charge in [0.25, 0.3) is 11.2 Å². The number of non-ortho nitro benzene ring substituents is 1. The van der Waals surface area contributed by atoms with Crippen LogP contribution in [0, 0.1) is 17.0 Å². The van der Waals surface area contributed by atoms with E-state index in [-0.39, 0.29) is 11.2 Å². The van der Waals surface area contributed by atoms with E-state index in [1.165, 1.54) is 12.1 Å². The summed E-state index contributed by atoms with van der Waals surface area (Å²) in [4.78, 5) is 30.3. The molecule has 0 spiro atoms. The molecule has 0 bridgehead atoms. The van der Waals surface area contributed by atoms with Crippen LogP contribution in [0.2, 0.25) is 0 Å². The van der Waals surface area contributed by atoms with Gasteiger partial charge in [-0.25, -0.2) is 0 Å². The number of pyridine rings is 2. The zero-order valence-electron chi connectivity index (χ0n) is 20.0. The summed E-state index contributed by atoms with van der Waals surface area (Å²) in [6.07, 6.45) is 1.72. The van der Waals surface area contributed by atoms with Crippen molar-refractivity contribution in [1.82, 2.24) is 9.55 Å². The fourth-order valence-electron chi connectivity index (χ4n) is 4.99. The van der Waals surface area contributed by atoms with Crippen LogP contribution in [0.25, 0.3) is 49.7 Å². The van der Waals surface area contributed by atoms with Crippen LogP contribution in [-0.4, -0.2) is 14.5 Å². The van der Waals surface area contributed by atoms with Gasteiger partial charge >= 0.3 is 0 Å². The fourth-order valence-corrected chi connectivity index (χ4v) is 4.99. The first-order chi connectivity index (χ1) is 18.0. The van der Waals surface area contributed by atoms with Crippen LogP contribution in [-0.2, 0) is 0 Å². The summed E-state index contributed by atoms with van der Waals surface area (Å²) in [5.74, 6) is 0. The Balaban J connectivity index is 1.91. The molecule has 6 heteroatoms. The molecule has 0 saturated heterocycles. The van der Waals surface area contributed by atoms with E-state index < -0.39 is 4.92 Å². The molecule has 178 valence electrons. The summed E-state index contributed by atoms with van der Waals surface area (Å²) >= 11 is 0. The van der Waals surface area contributed by atoms with Crippen LogP contribution >= 0.6 is 0 Å². The average Bonchev–Trinajstić information content (AvgIpc) is 2.94. The van der Waals surface area contributed by atoms with Crippen molar-refractivity contribution in [2.45, 2.75) is 6.92 Å². The second-order valence-corrected chi connectivity index (χ2v) is 8.89. The van der Waals surface area contributed by atoms with Gasteiger partial charge in [0.15, 0.2) is 0 Å². The predicted octanol–water partition coefficient (Wildman–Crippen LogP) is 7.09. The highest BCUT2D eigenvalue weighted by molar-refractivity contribution is 6.04. The molecule has 0 saturated carbocycles. The van der Waals surface area contributed by atoms with E-state index in [4.69, 9.17) is 0 Å². The molecule has 0 unspecified atom stereocenters. The van der Waals surface area contributed by atoms with Gasteiger partial charge in [-0.15, -0.1) is 0 Å². The molecule has 6 rings (SSSR count). The highest BCUT2D eigenvalue weighted by atomic mass is 16.6. The van der Waals surface area contributed by atoms with Crippen molar-refractivity contribution in [3.8, 4) is 28.1 Å². The van der Waals surface area contributed by atoms with E-state index in [1.807, 2.05) is 91.9 Å². The van der Waals surface area contributed by atoms with Gasteiger partial charge in [0.05, 0.1) is 21.8 Å². The van der Waals surface area contributed by atoms with E-state index in [0.29, 0.717) is 27.7 Å². The van der Waals surface area contributed by atoms with Gasteiger partial charge in [-0.1, -0.05) is 78.9 Å². The Kier molecular flexibility index (Phi) is 5.34. The van der Waals surface area contributed by atoms with E-state index >= 15 is 0 Å². The third-order valence-corrected chi connectivity index (χ3v) is 6.66. The number of benzene rings is 4. The summed E-state index contributed by atoms with van der Waals surface area (Å²) in [6, 6.07) is 31.6. The number of rotatable bonds is 4. The smallest absolute Gasteiger partial charge is 0.270 e. The molecule has 4 aromatic carbocycles. The number of nitrogens with zero attached hydrogens (tertiary/aromatic N) is 3. The highest BCUT2D eigenvalue weighted by Gasteiger charge is 2.24. The maximum atomic E-state index is 14.3. The van der Waals surface area contributed by atoms with Gasteiger partial charge in [-0.2, -0.15) is 0 Å². The van der Waals surface area contributed by atoms with Crippen LogP contribution in [0.5, 0.6) is 0 Å². The zero-order valence-corrected chi connectivity index (χ0v) is 20.0. The molecular weight excluding hydrogens is 462 g/mol. The van der Waals surface area contributed by atoms with Crippen molar-refractivity contribution < 1.29 is 4.92 Å². The Morgan fingerprint density at radius 3 is 2.19 bits per heavy atom. The number of nitro groups is 1. The lowest BCUT2D eigenvalue weighted by Crippen LogP contribution is -2.23. The summed E-state index contributed by atoms with van der Waals surface area (Å²) in [6.45, 7) is 1.97. The Morgan fingerprint density at radius 2 is 1.49 bits per heavy atom. The van der Waals surface area contributed by atoms with Gasteiger partial charge in [0.2, 0.25) is 0 Å². The molecule has 0 atom stereocenters. The molecule has 0 aliphatic rings. The quantitative estimate of drug-likeness (QED) is 0.198. The fraction of sp³-hybridized carbons (Fsp3) is 0.0323. The van der Waals surface area contributed by atoms with Crippen LogP contribution in [0.3, 0.4) is 0 Å². The minimum Gasteiger partial charge on any atom is -0.273 e. The monoisotopic (exact) mass is 483 g/mol. The Morgan fingerprint density at radius 1 is 0.784 bits per heavy atom. The first-order valence-electron chi connectivity index (χ1n) is 11.9.